The lowest BCUT2D eigenvalue weighted by molar-refractivity contribution is -0.108. The maximum Gasteiger partial charge on any atom is 0.407 e. The van der Waals surface area contributed by atoms with Crippen molar-refractivity contribution in [1.82, 2.24) is 5.32 Å². The van der Waals surface area contributed by atoms with E-state index in [-0.39, 0.29) is 6.61 Å². The van der Waals surface area contributed by atoms with E-state index in [9.17, 15) is 9.59 Å². The van der Waals surface area contributed by atoms with Gasteiger partial charge in [0.15, 0.2) is 0 Å². The molecule has 0 saturated carbocycles. The Morgan fingerprint density at radius 3 is 1.92 bits per heavy atom. The molecule has 1 N–H and O–H groups in total. The van der Waals surface area contributed by atoms with E-state index in [2.05, 4.69) is 5.32 Å². The molecule has 0 radical (unpaired) electrons. The van der Waals surface area contributed by atoms with Gasteiger partial charge in [0.1, 0.15) is 12.9 Å². The average molecular weight is 365 g/mol. The van der Waals surface area contributed by atoms with Crippen LogP contribution in [-0.4, -0.2) is 92.1 Å². The summed E-state index contributed by atoms with van der Waals surface area (Å²) in [5.74, 6) is 0. The van der Waals surface area contributed by atoms with Crippen molar-refractivity contribution in [2.75, 3.05) is 79.7 Å². The molecule has 0 aliphatic carbocycles. The van der Waals surface area contributed by atoms with Gasteiger partial charge in [0.25, 0.3) is 0 Å². The molecule has 9 heteroatoms. The van der Waals surface area contributed by atoms with Crippen molar-refractivity contribution in [3.8, 4) is 0 Å². The maximum atomic E-state index is 11.2. The predicted octanol–water partition coefficient (Wildman–Crippen LogP) is 0.405. The van der Waals surface area contributed by atoms with Crippen molar-refractivity contribution in [1.29, 1.82) is 0 Å². The first-order valence-electron chi connectivity index (χ1n) is 8.45. The summed E-state index contributed by atoms with van der Waals surface area (Å²) >= 11 is 0. The zero-order valence-electron chi connectivity index (χ0n) is 15.0. The largest absolute Gasteiger partial charge is 0.447 e. The fourth-order valence-corrected chi connectivity index (χ4v) is 1.52. The molecule has 0 aromatic carbocycles. The Hall–Kier alpha value is -1.26. The fraction of sp³-hybridized carbons (Fsp3) is 0.875. The Labute approximate surface area is 149 Å². The molecule has 0 aromatic heterocycles. The van der Waals surface area contributed by atoms with E-state index in [1.54, 1.807) is 0 Å². The third-order valence-corrected chi connectivity index (χ3v) is 2.76. The van der Waals surface area contributed by atoms with Crippen molar-refractivity contribution in [3.05, 3.63) is 0 Å². The summed E-state index contributed by atoms with van der Waals surface area (Å²) in [6.07, 6.45) is 1.68. The smallest absolute Gasteiger partial charge is 0.407 e. The first-order valence-corrected chi connectivity index (χ1v) is 8.45. The van der Waals surface area contributed by atoms with E-state index in [0.29, 0.717) is 72.4 Å². The number of nitrogens with one attached hydrogen (secondary N) is 1. The minimum absolute atomic E-state index is 0.228. The Morgan fingerprint density at radius 2 is 1.36 bits per heavy atom. The van der Waals surface area contributed by atoms with E-state index in [1.165, 1.54) is 7.11 Å². The molecule has 0 aliphatic heterocycles. The number of carbonyl (C=O) groups excluding carboxylic acids is 2. The molecule has 0 bridgehead atoms. The summed E-state index contributed by atoms with van der Waals surface area (Å²) in [4.78, 5) is 21.2. The molecular weight excluding hydrogens is 334 g/mol. The SMILES string of the molecule is COCCOC(=O)NCCOCCOCCOCCOCCCC=O. The summed E-state index contributed by atoms with van der Waals surface area (Å²) in [6, 6.07) is 0. The van der Waals surface area contributed by atoms with Gasteiger partial charge >= 0.3 is 6.09 Å². The van der Waals surface area contributed by atoms with E-state index < -0.39 is 6.09 Å². The summed E-state index contributed by atoms with van der Waals surface area (Å²) < 4.78 is 30.8. The third-order valence-electron chi connectivity index (χ3n) is 2.76. The molecule has 148 valence electrons. The zero-order chi connectivity index (χ0) is 18.4. The lowest BCUT2D eigenvalue weighted by Gasteiger charge is -2.08. The van der Waals surface area contributed by atoms with Gasteiger partial charge < -0.3 is 38.5 Å². The first kappa shape index (κ1) is 23.7. The first-order chi connectivity index (χ1) is 12.3. The number of aldehydes is 1. The molecule has 1 amide bonds. The highest BCUT2D eigenvalue weighted by Crippen LogP contribution is 1.87. The molecule has 0 aliphatic rings. The van der Waals surface area contributed by atoms with Crippen LogP contribution in [0.3, 0.4) is 0 Å². The normalized spacial score (nSPS) is 10.6. The number of carbonyl (C=O) groups is 2. The van der Waals surface area contributed by atoms with Gasteiger partial charge in [0, 0.05) is 26.7 Å². The van der Waals surface area contributed by atoms with Crippen LogP contribution in [0.4, 0.5) is 4.79 Å². The molecule has 0 aromatic rings. The number of unbranched alkanes of at least 4 members (excludes halogenated alkanes) is 1. The Bertz CT molecular complexity index is 304. The van der Waals surface area contributed by atoms with Gasteiger partial charge in [0.05, 0.1) is 52.9 Å². The minimum Gasteiger partial charge on any atom is -0.447 e. The van der Waals surface area contributed by atoms with Crippen molar-refractivity contribution >= 4 is 12.4 Å². The van der Waals surface area contributed by atoms with E-state index in [4.69, 9.17) is 28.4 Å². The molecule has 0 fully saturated rings. The molecule has 0 saturated heterocycles. The van der Waals surface area contributed by atoms with Gasteiger partial charge in [-0.3, -0.25) is 0 Å². The monoisotopic (exact) mass is 365 g/mol. The number of amides is 1. The number of hydrogen-bond donors (Lipinski definition) is 1. The standard InChI is InChI=1S/C16H31NO8/c1-20-8-15-25-16(19)17-4-7-22-10-12-24-14-13-23-11-9-21-6-3-2-5-18/h5H,2-4,6-15H2,1H3,(H,17,19). The van der Waals surface area contributed by atoms with Crippen LogP contribution in [0.15, 0.2) is 0 Å². The van der Waals surface area contributed by atoms with Crippen LogP contribution in [0.2, 0.25) is 0 Å². The van der Waals surface area contributed by atoms with Crippen LogP contribution in [-0.2, 0) is 33.2 Å². The molecule has 25 heavy (non-hydrogen) atoms. The lowest BCUT2D eigenvalue weighted by atomic mass is 10.3. The van der Waals surface area contributed by atoms with E-state index >= 15 is 0 Å². The fourth-order valence-electron chi connectivity index (χ4n) is 1.52. The topological polar surface area (TPSA) is 102 Å². The van der Waals surface area contributed by atoms with Gasteiger partial charge in [-0.2, -0.15) is 0 Å². The van der Waals surface area contributed by atoms with Gasteiger partial charge in [-0.25, -0.2) is 4.79 Å². The quantitative estimate of drug-likeness (QED) is 0.259. The number of hydrogen-bond acceptors (Lipinski definition) is 8. The maximum absolute atomic E-state index is 11.2. The van der Waals surface area contributed by atoms with Crippen molar-refractivity contribution in [3.63, 3.8) is 0 Å². The second-order valence-corrected chi connectivity index (χ2v) is 4.81. The van der Waals surface area contributed by atoms with Gasteiger partial charge in [-0.15, -0.1) is 0 Å². The summed E-state index contributed by atoms with van der Waals surface area (Å²) in [7, 11) is 1.54. The molecule has 0 atom stereocenters. The van der Waals surface area contributed by atoms with Gasteiger partial charge in [-0.05, 0) is 6.42 Å². The van der Waals surface area contributed by atoms with Crippen molar-refractivity contribution in [2.45, 2.75) is 12.8 Å². The van der Waals surface area contributed by atoms with Crippen LogP contribution in [0.5, 0.6) is 0 Å². The highest BCUT2D eigenvalue weighted by atomic mass is 16.6. The summed E-state index contributed by atoms with van der Waals surface area (Å²) in [5.41, 5.74) is 0. The van der Waals surface area contributed by atoms with E-state index in [1.807, 2.05) is 0 Å². The zero-order valence-corrected chi connectivity index (χ0v) is 15.0. The number of ether oxygens (including phenoxy) is 6. The molecular formula is C16H31NO8. The molecule has 9 nitrogen and oxygen atoms in total. The Morgan fingerprint density at radius 1 is 0.800 bits per heavy atom. The summed E-state index contributed by atoms with van der Waals surface area (Å²) in [5, 5.41) is 2.56. The van der Waals surface area contributed by atoms with Crippen LogP contribution >= 0.6 is 0 Å². The second-order valence-electron chi connectivity index (χ2n) is 4.81. The highest BCUT2D eigenvalue weighted by molar-refractivity contribution is 5.66. The van der Waals surface area contributed by atoms with Crippen LogP contribution in [0.25, 0.3) is 0 Å². The molecule has 0 spiro atoms. The third kappa shape index (κ3) is 20.7. The molecule has 0 heterocycles. The Kier molecular flexibility index (Phi) is 19.7. The number of rotatable bonds is 19. The lowest BCUT2D eigenvalue weighted by Crippen LogP contribution is -2.29. The van der Waals surface area contributed by atoms with Crippen molar-refractivity contribution in [2.24, 2.45) is 0 Å². The molecule has 0 unspecified atom stereocenters. The van der Waals surface area contributed by atoms with Crippen LogP contribution in [0, 0.1) is 0 Å². The molecule has 0 rings (SSSR count). The minimum atomic E-state index is -0.484. The highest BCUT2D eigenvalue weighted by Gasteiger charge is 2.00. The number of methoxy groups -OCH3 is 1. The van der Waals surface area contributed by atoms with Crippen LogP contribution in [0.1, 0.15) is 12.8 Å². The second kappa shape index (κ2) is 20.8. The summed E-state index contributed by atoms with van der Waals surface area (Å²) in [6.45, 7) is 4.86. The van der Waals surface area contributed by atoms with E-state index in [0.717, 1.165) is 12.7 Å². The Balaban J connectivity index is 3.07. The number of alkyl carbamates (subject to hydrolysis) is 1. The van der Waals surface area contributed by atoms with Crippen molar-refractivity contribution < 1.29 is 38.0 Å². The van der Waals surface area contributed by atoms with Gasteiger partial charge in [-0.1, -0.05) is 0 Å². The predicted molar refractivity (Wildman–Crippen MR) is 89.8 cm³/mol. The van der Waals surface area contributed by atoms with Crippen LogP contribution < -0.4 is 5.32 Å². The van der Waals surface area contributed by atoms with Gasteiger partial charge in [0.2, 0.25) is 0 Å². The average Bonchev–Trinajstić information content (AvgIpc) is 2.61.